The third kappa shape index (κ3) is 4.46. The van der Waals surface area contributed by atoms with Crippen LogP contribution in [0.4, 0.5) is 0 Å². The molecule has 6 heteroatoms. The lowest BCUT2D eigenvalue weighted by Gasteiger charge is -2.35. The number of aryl methyl sites for hydroxylation is 1. The van der Waals surface area contributed by atoms with Crippen LogP contribution in [0.15, 0.2) is 24.3 Å². The fourth-order valence-corrected chi connectivity index (χ4v) is 2.48. The number of rotatable bonds is 5. The standard InChI is InChI=1S/C16H23N3O3/c1-12-3-5-14(6-4-12)22-13(2)16(21)19-9-7-18(8-10-19)11-15(17)20/h3-6,13H,7-11H2,1-2H3,(H2,17,20). The van der Waals surface area contributed by atoms with Gasteiger partial charge in [0.2, 0.25) is 5.91 Å². The van der Waals surface area contributed by atoms with Gasteiger partial charge in [0.1, 0.15) is 5.75 Å². The Morgan fingerprint density at radius 3 is 2.32 bits per heavy atom. The Balaban J connectivity index is 1.84. The number of hydrogen-bond donors (Lipinski definition) is 1. The molecular weight excluding hydrogens is 282 g/mol. The highest BCUT2D eigenvalue weighted by molar-refractivity contribution is 5.81. The van der Waals surface area contributed by atoms with Gasteiger partial charge in [-0.25, -0.2) is 0 Å². The molecule has 1 aliphatic heterocycles. The number of carbonyl (C=O) groups excluding carboxylic acids is 2. The first kappa shape index (κ1) is 16.3. The second-order valence-corrected chi connectivity index (χ2v) is 5.64. The van der Waals surface area contributed by atoms with E-state index < -0.39 is 6.10 Å². The van der Waals surface area contributed by atoms with E-state index in [2.05, 4.69) is 0 Å². The lowest BCUT2D eigenvalue weighted by molar-refractivity contribution is -0.139. The molecule has 1 saturated heterocycles. The van der Waals surface area contributed by atoms with Crippen molar-refractivity contribution < 1.29 is 14.3 Å². The van der Waals surface area contributed by atoms with E-state index in [1.54, 1.807) is 11.8 Å². The van der Waals surface area contributed by atoms with Crippen LogP contribution in [0.1, 0.15) is 12.5 Å². The predicted molar refractivity (Wildman–Crippen MR) is 83.5 cm³/mol. The van der Waals surface area contributed by atoms with E-state index in [1.807, 2.05) is 36.1 Å². The minimum atomic E-state index is -0.523. The van der Waals surface area contributed by atoms with Gasteiger partial charge in [-0.05, 0) is 26.0 Å². The summed E-state index contributed by atoms with van der Waals surface area (Å²) in [7, 11) is 0. The number of primary amides is 1. The molecule has 0 spiro atoms. The molecule has 0 saturated carbocycles. The first-order valence-corrected chi connectivity index (χ1v) is 7.48. The third-order valence-corrected chi connectivity index (χ3v) is 3.75. The molecule has 0 aromatic heterocycles. The molecule has 1 aliphatic rings. The molecule has 0 aliphatic carbocycles. The monoisotopic (exact) mass is 305 g/mol. The number of amides is 2. The Morgan fingerprint density at radius 2 is 1.77 bits per heavy atom. The first-order chi connectivity index (χ1) is 10.5. The summed E-state index contributed by atoms with van der Waals surface area (Å²) in [4.78, 5) is 27.0. The van der Waals surface area contributed by atoms with Gasteiger partial charge in [0.05, 0.1) is 6.54 Å². The SMILES string of the molecule is Cc1ccc(OC(C)C(=O)N2CCN(CC(N)=O)CC2)cc1. The van der Waals surface area contributed by atoms with Gasteiger partial charge in [-0.1, -0.05) is 17.7 Å². The van der Waals surface area contributed by atoms with Gasteiger partial charge in [-0.2, -0.15) is 0 Å². The van der Waals surface area contributed by atoms with E-state index in [0.717, 1.165) is 5.56 Å². The van der Waals surface area contributed by atoms with Gasteiger partial charge in [0, 0.05) is 26.2 Å². The summed E-state index contributed by atoms with van der Waals surface area (Å²) in [5, 5.41) is 0. The summed E-state index contributed by atoms with van der Waals surface area (Å²) in [5.74, 6) is 0.328. The minimum absolute atomic E-state index is 0.0284. The lowest BCUT2D eigenvalue weighted by atomic mass is 10.2. The minimum Gasteiger partial charge on any atom is -0.481 e. The predicted octanol–water partition coefficient (Wildman–Crippen LogP) is 0.392. The Bertz CT molecular complexity index is 522. The van der Waals surface area contributed by atoms with Gasteiger partial charge in [-0.15, -0.1) is 0 Å². The van der Waals surface area contributed by atoms with Crippen molar-refractivity contribution in [1.29, 1.82) is 0 Å². The summed E-state index contributed by atoms with van der Waals surface area (Å²) in [6.07, 6.45) is -0.523. The van der Waals surface area contributed by atoms with Crippen LogP contribution in [-0.4, -0.2) is 60.4 Å². The molecule has 0 bridgehead atoms. The average molecular weight is 305 g/mol. The first-order valence-electron chi connectivity index (χ1n) is 7.48. The molecule has 120 valence electrons. The average Bonchev–Trinajstić information content (AvgIpc) is 2.49. The fourth-order valence-electron chi connectivity index (χ4n) is 2.48. The zero-order chi connectivity index (χ0) is 16.1. The van der Waals surface area contributed by atoms with Crippen molar-refractivity contribution in [2.45, 2.75) is 20.0 Å². The normalized spacial score (nSPS) is 17.1. The molecule has 1 aromatic carbocycles. The van der Waals surface area contributed by atoms with E-state index in [-0.39, 0.29) is 18.4 Å². The van der Waals surface area contributed by atoms with Crippen LogP contribution in [-0.2, 0) is 9.59 Å². The number of carbonyl (C=O) groups is 2. The molecule has 1 atom stereocenters. The van der Waals surface area contributed by atoms with Gasteiger partial charge in [0.25, 0.3) is 5.91 Å². The zero-order valence-corrected chi connectivity index (χ0v) is 13.1. The molecule has 2 amide bonds. The summed E-state index contributed by atoms with van der Waals surface area (Å²) < 4.78 is 5.70. The van der Waals surface area contributed by atoms with Crippen LogP contribution < -0.4 is 10.5 Å². The maximum absolute atomic E-state index is 12.4. The molecule has 0 radical (unpaired) electrons. The lowest BCUT2D eigenvalue weighted by Crippen LogP contribution is -2.53. The Morgan fingerprint density at radius 1 is 1.18 bits per heavy atom. The summed E-state index contributed by atoms with van der Waals surface area (Å²) in [6.45, 7) is 6.51. The quantitative estimate of drug-likeness (QED) is 0.854. The number of ether oxygens (including phenoxy) is 1. The van der Waals surface area contributed by atoms with Crippen molar-refractivity contribution in [1.82, 2.24) is 9.80 Å². The van der Waals surface area contributed by atoms with Crippen LogP contribution in [0.2, 0.25) is 0 Å². The summed E-state index contributed by atoms with van der Waals surface area (Å²) in [6, 6.07) is 7.64. The fraction of sp³-hybridized carbons (Fsp3) is 0.500. The van der Waals surface area contributed by atoms with E-state index in [1.165, 1.54) is 0 Å². The van der Waals surface area contributed by atoms with E-state index in [9.17, 15) is 9.59 Å². The van der Waals surface area contributed by atoms with E-state index in [4.69, 9.17) is 10.5 Å². The second kappa shape index (κ2) is 7.26. The van der Waals surface area contributed by atoms with Crippen molar-refractivity contribution in [2.24, 2.45) is 5.73 Å². The van der Waals surface area contributed by atoms with Gasteiger partial charge < -0.3 is 15.4 Å². The van der Waals surface area contributed by atoms with E-state index in [0.29, 0.717) is 31.9 Å². The molecular formula is C16H23N3O3. The van der Waals surface area contributed by atoms with Gasteiger partial charge >= 0.3 is 0 Å². The molecule has 2 N–H and O–H groups in total. The largest absolute Gasteiger partial charge is 0.481 e. The Kier molecular flexibility index (Phi) is 5.38. The summed E-state index contributed by atoms with van der Waals surface area (Å²) in [5.41, 5.74) is 6.33. The molecule has 1 heterocycles. The topological polar surface area (TPSA) is 75.9 Å². The van der Waals surface area contributed by atoms with Crippen LogP contribution in [0.5, 0.6) is 5.75 Å². The smallest absolute Gasteiger partial charge is 0.263 e. The number of hydrogen-bond acceptors (Lipinski definition) is 4. The molecule has 22 heavy (non-hydrogen) atoms. The molecule has 1 unspecified atom stereocenters. The Hall–Kier alpha value is -2.08. The van der Waals surface area contributed by atoms with Gasteiger partial charge in [0.15, 0.2) is 6.10 Å². The number of piperazine rings is 1. The highest BCUT2D eigenvalue weighted by Crippen LogP contribution is 2.15. The molecule has 2 rings (SSSR count). The van der Waals surface area contributed by atoms with Crippen molar-refractivity contribution >= 4 is 11.8 Å². The van der Waals surface area contributed by atoms with Crippen molar-refractivity contribution in [3.05, 3.63) is 29.8 Å². The number of nitrogens with two attached hydrogens (primary N) is 1. The maximum atomic E-state index is 12.4. The zero-order valence-electron chi connectivity index (χ0n) is 13.1. The number of benzene rings is 1. The summed E-state index contributed by atoms with van der Waals surface area (Å²) >= 11 is 0. The third-order valence-electron chi connectivity index (χ3n) is 3.75. The highest BCUT2D eigenvalue weighted by Gasteiger charge is 2.26. The van der Waals surface area contributed by atoms with Crippen LogP contribution in [0, 0.1) is 6.92 Å². The second-order valence-electron chi connectivity index (χ2n) is 5.64. The van der Waals surface area contributed by atoms with Crippen LogP contribution >= 0.6 is 0 Å². The maximum Gasteiger partial charge on any atom is 0.263 e. The molecule has 6 nitrogen and oxygen atoms in total. The van der Waals surface area contributed by atoms with Gasteiger partial charge in [-0.3, -0.25) is 14.5 Å². The Labute approximate surface area is 130 Å². The van der Waals surface area contributed by atoms with Crippen molar-refractivity contribution in [3.8, 4) is 5.75 Å². The highest BCUT2D eigenvalue weighted by atomic mass is 16.5. The number of nitrogens with zero attached hydrogens (tertiary/aromatic N) is 2. The molecule has 1 aromatic rings. The van der Waals surface area contributed by atoms with E-state index >= 15 is 0 Å². The van der Waals surface area contributed by atoms with Crippen LogP contribution in [0.3, 0.4) is 0 Å². The van der Waals surface area contributed by atoms with Crippen LogP contribution in [0.25, 0.3) is 0 Å². The van der Waals surface area contributed by atoms with Crippen molar-refractivity contribution in [2.75, 3.05) is 32.7 Å². The van der Waals surface area contributed by atoms with Crippen molar-refractivity contribution in [3.63, 3.8) is 0 Å². The molecule has 1 fully saturated rings.